The van der Waals surface area contributed by atoms with Gasteiger partial charge in [0, 0.05) is 17.5 Å². The number of aromatic nitrogens is 1. The van der Waals surface area contributed by atoms with Crippen LogP contribution in [0.3, 0.4) is 0 Å². The molecule has 1 amide bonds. The summed E-state index contributed by atoms with van der Waals surface area (Å²) in [5, 5.41) is 6.02. The number of amides is 1. The zero-order valence-electron chi connectivity index (χ0n) is 7.06. The molecule has 5 heteroatoms. The predicted molar refractivity (Wildman–Crippen MR) is 50.5 cm³/mol. The van der Waals surface area contributed by atoms with Gasteiger partial charge in [-0.2, -0.15) is 0 Å². The largest absolute Gasteiger partial charge is 0.368 e. The van der Waals surface area contributed by atoms with Gasteiger partial charge in [-0.1, -0.05) is 0 Å². The number of rotatable bonds is 2. The Labute approximate surface area is 80.2 Å². The first kappa shape index (κ1) is 8.65. The van der Waals surface area contributed by atoms with Gasteiger partial charge in [-0.3, -0.25) is 4.79 Å². The first-order chi connectivity index (χ1) is 6.29. The second-order valence-electron chi connectivity index (χ2n) is 3.10. The van der Waals surface area contributed by atoms with Crippen LogP contribution >= 0.6 is 11.3 Å². The van der Waals surface area contributed by atoms with E-state index in [1.54, 1.807) is 17.5 Å². The first-order valence-corrected chi connectivity index (χ1v) is 5.09. The SMILES string of the molecule is NC(=O)[C@H]1NCCC1c1nccs1. The van der Waals surface area contributed by atoms with Crippen LogP contribution in [0.4, 0.5) is 0 Å². The van der Waals surface area contributed by atoms with E-state index in [-0.39, 0.29) is 17.9 Å². The summed E-state index contributed by atoms with van der Waals surface area (Å²) >= 11 is 1.58. The van der Waals surface area contributed by atoms with Crippen molar-refractivity contribution in [2.45, 2.75) is 18.4 Å². The Balaban J connectivity index is 2.19. The molecule has 0 aliphatic carbocycles. The van der Waals surface area contributed by atoms with Crippen LogP contribution in [0, 0.1) is 0 Å². The van der Waals surface area contributed by atoms with Crippen molar-refractivity contribution < 1.29 is 4.79 Å². The maximum absolute atomic E-state index is 11.0. The standard InChI is InChI=1S/C8H11N3OS/c9-7(12)6-5(1-2-10-6)8-11-3-4-13-8/h3-6,10H,1-2H2,(H2,9,12)/t5?,6-/m0/s1. The number of hydrogen-bond donors (Lipinski definition) is 2. The molecule has 1 aromatic rings. The smallest absolute Gasteiger partial charge is 0.235 e. The number of primary amides is 1. The second-order valence-corrected chi connectivity index (χ2v) is 4.03. The van der Waals surface area contributed by atoms with Crippen molar-refractivity contribution in [2.75, 3.05) is 6.54 Å². The predicted octanol–water partition coefficient (Wildman–Crippen LogP) is 0.0739. The van der Waals surface area contributed by atoms with Crippen LogP contribution in [-0.2, 0) is 4.79 Å². The zero-order valence-corrected chi connectivity index (χ0v) is 7.88. The van der Waals surface area contributed by atoms with Crippen molar-refractivity contribution in [2.24, 2.45) is 5.73 Å². The molecule has 1 aliphatic heterocycles. The number of carbonyl (C=O) groups is 1. The molecule has 1 fully saturated rings. The molecule has 3 N–H and O–H groups in total. The minimum absolute atomic E-state index is 0.178. The molecule has 1 unspecified atom stereocenters. The van der Waals surface area contributed by atoms with Gasteiger partial charge in [-0.15, -0.1) is 11.3 Å². The molecule has 2 heterocycles. The van der Waals surface area contributed by atoms with Gasteiger partial charge in [-0.05, 0) is 13.0 Å². The molecule has 2 atom stereocenters. The van der Waals surface area contributed by atoms with E-state index >= 15 is 0 Å². The second kappa shape index (κ2) is 3.43. The molecule has 1 saturated heterocycles. The number of nitrogens with two attached hydrogens (primary N) is 1. The Morgan fingerprint density at radius 3 is 3.23 bits per heavy atom. The third-order valence-corrected chi connectivity index (χ3v) is 3.20. The number of nitrogens with one attached hydrogen (secondary N) is 1. The average Bonchev–Trinajstić information content (AvgIpc) is 2.74. The molecule has 0 saturated carbocycles. The maximum atomic E-state index is 11.0. The molecule has 0 bridgehead atoms. The van der Waals surface area contributed by atoms with Crippen LogP contribution in [0.1, 0.15) is 17.3 Å². The minimum atomic E-state index is -0.280. The molecule has 13 heavy (non-hydrogen) atoms. The van der Waals surface area contributed by atoms with E-state index in [4.69, 9.17) is 5.73 Å². The molecular formula is C8H11N3OS. The number of nitrogens with zero attached hydrogens (tertiary/aromatic N) is 1. The third-order valence-electron chi connectivity index (χ3n) is 2.30. The molecule has 0 radical (unpaired) electrons. The van der Waals surface area contributed by atoms with Crippen molar-refractivity contribution in [1.29, 1.82) is 0 Å². The van der Waals surface area contributed by atoms with Crippen LogP contribution < -0.4 is 11.1 Å². The summed E-state index contributed by atoms with van der Waals surface area (Å²) in [6, 6.07) is -0.230. The summed E-state index contributed by atoms with van der Waals surface area (Å²) in [6.07, 6.45) is 2.71. The molecule has 70 valence electrons. The number of thiazole rings is 1. The Morgan fingerprint density at radius 2 is 2.62 bits per heavy atom. The van der Waals surface area contributed by atoms with E-state index in [0.717, 1.165) is 18.0 Å². The van der Waals surface area contributed by atoms with Crippen LogP contribution in [0.25, 0.3) is 0 Å². The van der Waals surface area contributed by atoms with E-state index in [2.05, 4.69) is 10.3 Å². The summed E-state index contributed by atoms with van der Waals surface area (Å²) in [5.41, 5.74) is 5.27. The van der Waals surface area contributed by atoms with E-state index in [1.165, 1.54) is 0 Å². The van der Waals surface area contributed by atoms with Crippen LogP contribution in [-0.4, -0.2) is 23.5 Å². The van der Waals surface area contributed by atoms with Crippen molar-refractivity contribution in [3.63, 3.8) is 0 Å². The zero-order chi connectivity index (χ0) is 9.26. The molecule has 0 aromatic carbocycles. The van der Waals surface area contributed by atoms with Crippen molar-refractivity contribution in [3.8, 4) is 0 Å². The topological polar surface area (TPSA) is 68.0 Å². The van der Waals surface area contributed by atoms with Crippen molar-refractivity contribution in [1.82, 2.24) is 10.3 Å². The van der Waals surface area contributed by atoms with E-state index in [9.17, 15) is 4.79 Å². The fraction of sp³-hybridized carbons (Fsp3) is 0.500. The molecule has 1 aromatic heterocycles. The monoisotopic (exact) mass is 197 g/mol. The van der Waals surface area contributed by atoms with Gasteiger partial charge in [0.1, 0.15) is 0 Å². The van der Waals surface area contributed by atoms with Gasteiger partial charge in [0.15, 0.2) is 0 Å². The quantitative estimate of drug-likeness (QED) is 0.705. The summed E-state index contributed by atoms with van der Waals surface area (Å²) < 4.78 is 0. The minimum Gasteiger partial charge on any atom is -0.368 e. The summed E-state index contributed by atoms with van der Waals surface area (Å²) in [7, 11) is 0. The van der Waals surface area contributed by atoms with Gasteiger partial charge in [-0.25, -0.2) is 4.98 Å². The highest BCUT2D eigenvalue weighted by molar-refractivity contribution is 7.09. The highest BCUT2D eigenvalue weighted by Gasteiger charge is 2.33. The van der Waals surface area contributed by atoms with Crippen molar-refractivity contribution in [3.05, 3.63) is 16.6 Å². The van der Waals surface area contributed by atoms with Crippen molar-refractivity contribution >= 4 is 17.2 Å². The normalized spacial score (nSPS) is 27.7. The van der Waals surface area contributed by atoms with Gasteiger partial charge in [0.25, 0.3) is 0 Å². The van der Waals surface area contributed by atoms with E-state index in [0.29, 0.717) is 0 Å². The van der Waals surface area contributed by atoms with Gasteiger partial charge >= 0.3 is 0 Å². The molecular weight excluding hydrogens is 186 g/mol. The first-order valence-electron chi connectivity index (χ1n) is 4.21. The summed E-state index contributed by atoms with van der Waals surface area (Å²) in [4.78, 5) is 15.2. The number of carbonyl (C=O) groups excluding carboxylic acids is 1. The summed E-state index contributed by atoms with van der Waals surface area (Å²) in [5.74, 6) is -0.102. The third kappa shape index (κ3) is 1.57. The molecule has 0 spiro atoms. The highest BCUT2D eigenvalue weighted by Crippen LogP contribution is 2.28. The fourth-order valence-corrected chi connectivity index (χ4v) is 2.50. The lowest BCUT2D eigenvalue weighted by atomic mass is 10.0. The molecule has 4 nitrogen and oxygen atoms in total. The molecule has 2 rings (SSSR count). The van der Waals surface area contributed by atoms with Gasteiger partial charge < -0.3 is 11.1 Å². The number of hydrogen-bond acceptors (Lipinski definition) is 4. The Bertz CT molecular complexity index is 298. The lowest BCUT2D eigenvalue weighted by Crippen LogP contribution is -2.39. The lowest BCUT2D eigenvalue weighted by Gasteiger charge is -2.12. The fourth-order valence-electron chi connectivity index (χ4n) is 1.69. The van der Waals surface area contributed by atoms with Crippen LogP contribution in [0.15, 0.2) is 11.6 Å². The average molecular weight is 197 g/mol. The lowest BCUT2D eigenvalue weighted by molar-refractivity contribution is -0.119. The van der Waals surface area contributed by atoms with Crippen LogP contribution in [0.5, 0.6) is 0 Å². The van der Waals surface area contributed by atoms with E-state index in [1.807, 2.05) is 5.38 Å². The van der Waals surface area contributed by atoms with Gasteiger partial charge in [0.05, 0.1) is 11.0 Å². The Kier molecular flexibility index (Phi) is 2.28. The molecule has 1 aliphatic rings. The Morgan fingerprint density at radius 1 is 1.77 bits per heavy atom. The Hall–Kier alpha value is -0.940. The van der Waals surface area contributed by atoms with Crippen LogP contribution in [0.2, 0.25) is 0 Å². The maximum Gasteiger partial charge on any atom is 0.235 e. The highest BCUT2D eigenvalue weighted by atomic mass is 32.1. The summed E-state index contributed by atoms with van der Waals surface area (Å²) in [6.45, 7) is 0.845. The van der Waals surface area contributed by atoms with Gasteiger partial charge in [0.2, 0.25) is 5.91 Å². The van der Waals surface area contributed by atoms with E-state index < -0.39 is 0 Å².